The average Bonchev–Trinajstić information content (AvgIpc) is 2.81. The Hall–Kier alpha value is -1.71. The van der Waals surface area contributed by atoms with Crippen molar-refractivity contribution in [2.24, 2.45) is 5.73 Å². The van der Waals surface area contributed by atoms with Crippen molar-refractivity contribution in [3.63, 3.8) is 0 Å². The molecule has 0 unspecified atom stereocenters. The van der Waals surface area contributed by atoms with Crippen LogP contribution in [0.15, 0.2) is 48.5 Å². The predicted octanol–water partition coefficient (Wildman–Crippen LogP) is 3.35. The first kappa shape index (κ1) is 11.4. The molecule has 1 aromatic heterocycles. The van der Waals surface area contributed by atoms with Crippen molar-refractivity contribution in [2.45, 2.75) is 13.0 Å². The van der Waals surface area contributed by atoms with Gasteiger partial charge in [0.1, 0.15) is 0 Å². The van der Waals surface area contributed by atoms with Gasteiger partial charge in [-0.25, -0.2) is 4.98 Å². The summed E-state index contributed by atoms with van der Waals surface area (Å²) in [5.74, 6) is 0. The quantitative estimate of drug-likeness (QED) is 0.778. The van der Waals surface area contributed by atoms with Gasteiger partial charge in [-0.05, 0) is 23.3 Å². The first-order valence-electron chi connectivity index (χ1n) is 5.97. The van der Waals surface area contributed by atoms with Crippen molar-refractivity contribution in [3.8, 4) is 0 Å². The van der Waals surface area contributed by atoms with E-state index in [1.54, 1.807) is 11.3 Å². The smallest absolute Gasteiger partial charge is 0.0982 e. The molecule has 0 aliphatic rings. The zero-order valence-corrected chi connectivity index (χ0v) is 10.8. The van der Waals surface area contributed by atoms with Gasteiger partial charge in [0.2, 0.25) is 0 Å². The molecule has 18 heavy (non-hydrogen) atoms. The molecular weight excluding hydrogens is 240 g/mol. The van der Waals surface area contributed by atoms with Crippen LogP contribution in [0.1, 0.15) is 16.1 Å². The zero-order valence-electron chi connectivity index (χ0n) is 9.97. The second kappa shape index (κ2) is 4.88. The number of thiazole rings is 1. The number of hydrogen-bond acceptors (Lipinski definition) is 3. The summed E-state index contributed by atoms with van der Waals surface area (Å²) in [6.07, 6.45) is 0.882. The minimum absolute atomic E-state index is 0.591. The highest BCUT2D eigenvalue weighted by Crippen LogP contribution is 2.23. The van der Waals surface area contributed by atoms with E-state index in [9.17, 15) is 0 Å². The van der Waals surface area contributed by atoms with Gasteiger partial charge in [0.25, 0.3) is 0 Å². The van der Waals surface area contributed by atoms with E-state index in [0.717, 1.165) is 16.9 Å². The molecule has 0 fully saturated rings. The highest BCUT2D eigenvalue weighted by molar-refractivity contribution is 7.18. The molecule has 1 heterocycles. The standard InChI is InChI=1S/C15H14N2S/c16-10-12-5-3-4-11(8-12)9-15-17-13-6-1-2-7-14(13)18-15/h1-8H,9-10,16H2. The van der Waals surface area contributed by atoms with Gasteiger partial charge >= 0.3 is 0 Å². The van der Waals surface area contributed by atoms with E-state index < -0.39 is 0 Å². The molecular formula is C15H14N2S. The highest BCUT2D eigenvalue weighted by Gasteiger charge is 2.04. The van der Waals surface area contributed by atoms with Crippen LogP contribution >= 0.6 is 11.3 Å². The van der Waals surface area contributed by atoms with E-state index in [2.05, 4.69) is 47.4 Å². The predicted molar refractivity (Wildman–Crippen MR) is 76.8 cm³/mol. The van der Waals surface area contributed by atoms with Gasteiger partial charge in [-0.15, -0.1) is 11.3 Å². The van der Waals surface area contributed by atoms with E-state index >= 15 is 0 Å². The SMILES string of the molecule is NCc1cccc(Cc2nc3ccccc3s2)c1. The number of rotatable bonds is 3. The summed E-state index contributed by atoms with van der Waals surface area (Å²) in [6.45, 7) is 0.591. The number of nitrogens with zero attached hydrogens (tertiary/aromatic N) is 1. The molecule has 0 aliphatic heterocycles. The average molecular weight is 254 g/mol. The summed E-state index contributed by atoms with van der Waals surface area (Å²) >= 11 is 1.76. The molecule has 2 nitrogen and oxygen atoms in total. The van der Waals surface area contributed by atoms with E-state index in [1.165, 1.54) is 15.8 Å². The molecule has 0 spiro atoms. The molecule has 0 amide bonds. The second-order valence-electron chi connectivity index (χ2n) is 4.28. The molecule has 3 heteroatoms. The van der Waals surface area contributed by atoms with Crippen molar-refractivity contribution >= 4 is 21.6 Å². The molecule has 0 bridgehead atoms. The maximum Gasteiger partial charge on any atom is 0.0982 e. The minimum Gasteiger partial charge on any atom is -0.326 e. The summed E-state index contributed by atoms with van der Waals surface area (Å²) in [5, 5.41) is 1.16. The van der Waals surface area contributed by atoms with Gasteiger partial charge in [-0.2, -0.15) is 0 Å². The lowest BCUT2D eigenvalue weighted by Gasteiger charge is -2.01. The number of aromatic nitrogens is 1. The Morgan fingerprint density at radius 1 is 1.00 bits per heavy atom. The van der Waals surface area contributed by atoms with Crippen LogP contribution in [0.4, 0.5) is 0 Å². The fourth-order valence-corrected chi connectivity index (χ4v) is 3.04. The molecule has 0 atom stereocenters. The van der Waals surface area contributed by atoms with Crippen LogP contribution in [0, 0.1) is 0 Å². The topological polar surface area (TPSA) is 38.9 Å². The third-order valence-corrected chi connectivity index (χ3v) is 3.96. The molecule has 3 rings (SSSR count). The Bertz CT molecular complexity index is 640. The maximum atomic E-state index is 5.66. The molecule has 0 saturated heterocycles. The number of nitrogens with two attached hydrogens (primary N) is 1. The maximum absolute atomic E-state index is 5.66. The summed E-state index contributed by atoms with van der Waals surface area (Å²) < 4.78 is 1.25. The highest BCUT2D eigenvalue weighted by atomic mass is 32.1. The number of para-hydroxylation sites is 1. The van der Waals surface area contributed by atoms with E-state index in [1.807, 2.05) is 6.07 Å². The number of hydrogen-bond donors (Lipinski definition) is 1. The van der Waals surface area contributed by atoms with Crippen LogP contribution < -0.4 is 5.73 Å². The van der Waals surface area contributed by atoms with Gasteiger partial charge in [0.05, 0.1) is 15.2 Å². The Morgan fingerprint density at radius 3 is 2.67 bits per heavy atom. The van der Waals surface area contributed by atoms with Gasteiger partial charge in [-0.3, -0.25) is 0 Å². The van der Waals surface area contributed by atoms with Crippen molar-refractivity contribution in [1.29, 1.82) is 0 Å². The summed E-state index contributed by atoms with van der Waals surface area (Å²) in [5.41, 5.74) is 9.20. The fourth-order valence-electron chi connectivity index (χ4n) is 2.04. The Kier molecular flexibility index (Phi) is 3.09. The lowest BCUT2D eigenvalue weighted by atomic mass is 10.1. The van der Waals surface area contributed by atoms with Crippen molar-refractivity contribution in [3.05, 3.63) is 64.7 Å². The molecule has 3 aromatic rings. The summed E-state index contributed by atoms with van der Waals surface area (Å²) in [7, 11) is 0. The largest absolute Gasteiger partial charge is 0.326 e. The number of fused-ring (bicyclic) bond motifs is 1. The van der Waals surface area contributed by atoms with E-state index in [-0.39, 0.29) is 0 Å². The van der Waals surface area contributed by atoms with Gasteiger partial charge < -0.3 is 5.73 Å². The lowest BCUT2D eigenvalue weighted by Crippen LogP contribution is -1.97. The van der Waals surface area contributed by atoms with Gasteiger partial charge in [-0.1, -0.05) is 36.4 Å². The van der Waals surface area contributed by atoms with E-state index in [0.29, 0.717) is 6.54 Å². The fraction of sp³-hybridized carbons (Fsp3) is 0.133. The minimum atomic E-state index is 0.591. The summed E-state index contributed by atoms with van der Waals surface area (Å²) in [6, 6.07) is 16.7. The second-order valence-corrected chi connectivity index (χ2v) is 5.39. The Labute approximate surface area is 110 Å². The first-order chi connectivity index (χ1) is 8.85. The van der Waals surface area contributed by atoms with E-state index in [4.69, 9.17) is 5.73 Å². The Morgan fingerprint density at radius 2 is 1.83 bits per heavy atom. The van der Waals surface area contributed by atoms with Crippen LogP contribution in [0.5, 0.6) is 0 Å². The van der Waals surface area contributed by atoms with Crippen LogP contribution in [0.3, 0.4) is 0 Å². The van der Waals surface area contributed by atoms with Crippen LogP contribution in [-0.2, 0) is 13.0 Å². The van der Waals surface area contributed by atoms with Gasteiger partial charge in [0, 0.05) is 13.0 Å². The third kappa shape index (κ3) is 2.28. The molecule has 0 saturated carbocycles. The molecule has 0 aliphatic carbocycles. The first-order valence-corrected chi connectivity index (χ1v) is 6.79. The van der Waals surface area contributed by atoms with Crippen molar-refractivity contribution < 1.29 is 0 Å². The van der Waals surface area contributed by atoms with Crippen LogP contribution in [0.25, 0.3) is 10.2 Å². The van der Waals surface area contributed by atoms with Crippen LogP contribution in [0.2, 0.25) is 0 Å². The monoisotopic (exact) mass is 254 g/mol. The molecule has 0 radical (unpaired) electrons. The molecule has 2 aromatic carbocycles. The molecule has 2 N–H and O–H groups in total. The Balaban J connectivity index is 1.91. The molecule has 90 valence electrons. The third-order valence-electron chi connectivity index (χ3n) is 2.92. The summed E-state index contributed by atoms with van der Waals surface area (Å²) in [4.78, 5) is 4.65. The van der Waals surface area contributed by atoms with Crippen LogP contribution in [-0.4, -0.2) is 4.98 Å². The lowest BCUT2D eigenvalue weighted by molar-refractivity contribution is 1.05. The van der Waals surface area contributed by atoms with Crippen molar-refractivity contribution in [1.82, 2.24) is 4.98 Å². The van der Waals surface area contributed by atoms with Crippen molar-refractivity contribution in [2.75, 3.05) is 0 Å². The normalized spacial score (nSPS) is 10.9. The number of benzene rings is 2. The van der Waals surface area contributed by atoms with Gasteiger partial charge in [0.15, 0.2) is 0 Å². The zero-order chi connectivity index (χ0) is 12.4.